The molecule has 1 aromatic carbocycles. The van der Waals surface area contributed by atoms with Crippen molar-refractivity contribution in [2.75, 3.05) is 0 Å². The summed E-state index contributed by atoms with van der Waals surface area (Å²) in [5.41, 5.74) is -0.389. The second-order valence-electron chi connectivity index (χ2n) is 1.70. The maximum Gasteiger partial charge on any atom is 0.423 e. The second-order valence-corrected chi connectivity index (χ2v) is 1.70. The molecule has 0 N–H and O–H groups in total. The summed E-state index contributed by atoms with van der Waals surface area (Å²) in [6.07, 6.45) is 0. The van der Waals surface area contributed by atoms with Gasteiger partial charge in [0.2, 0.25) is 11.2 Å². The van der Waals surface area contributed by atoms with Gasteiger partial charge in [-0.2, -0.15) is 4.39 Å². The third-order valence-electron chi connectivity index (χ3n) is 1.02. The van der Waals surface area contributed by atoms with Gasteiger partial charge in [0.1, 0.15) is 5.82 Å². The van der Waals surface area contributed by atoms with Crippen LogP contribution in [0.25, 0.3) is 4.98 Å². The van der Waals surface area contributed by atoms with E-state index >= 15 is 0 Å². The van der Waals surface area contributed by atoms with E-state index in [4.69, 9.17) is 5.39 Å². The molecule has 4 heteroatoms. The Labute approximate surface area is 55.7 Å². The van der Waals surface area contributed by atoms with Crippen LogP contribution in [0.1, 0.15) is 0 Å². The van der Waals surface area contributed by atoms with Gasteiger partial charge in [0.25, 0.3) is 0 Å². The quantitative estimate of drug-likeness (QED) is 0.510. The number of nitrogens with zero attached hydrogens (tertiary/aromatic N) is 2. The Bertz CT molecular complexity index is 290. The Morgan fingerprint density at radius 2 is 2.00 bits per heavy atom. The zero-order valence-electron chi connectivity index (χ0n) is 4.88. The van der Waals surface area contributed by atoms with Crippen molar-refractivity contribution in [2.45, 2.75) is 0 Å². The van der Waals surface area contributed by atoms with Crippen LogP contribution in [0.15, 0.2) is 18.2 Å². The highest BCUT2D eigenvalue weighted by Crippen LogP contribution is 2.17. The minimum Gasteiger partial charge on any atom is -0.207 e. The van der Waals surface area contributed by atoms with Gasteiger partial charge in [-0.1, -0.05) is 0 Å². The van der Waals surface area contributed by atoms with E-state index in [-0.39, 0.29) is 5.69 Å². The van der Waals surface area contributed by atoms with Crippen LogP contribution in [0, 0.1) is 17.0 Å². The van der Waals surface area contributed by atoms with E-state index in [9.17, 15) is 8.78 Å². The van der Waals surface area contributed by atoms with E-state index in [2.05, 4.69) is 4.98 Å². The molecule has 0 unspecified atom stereocenters. The van der Waals surface area contributed by atoms with Crippen LogP contribution in [-0.2, 0) is 0 Å². The van der Waals surface area contributed by atoms with Crippen LogP contribution < -0.4 is 0 Å². The zero-order valence-corrected chi connectivity index (χ0v) is 4.88. The van der Waals surface area contributed by atoms with Gasteiger partial charge in [0, 0.05) is 0 Å². The van der Waals surface area contributed by atoms with Crippen molar-refractivity contribution in [2.24, 2.45) is 0 Å². The predicted octanol–water partition coefficient (Wildman–Crippen LogP) is 2.45. The van der Waals surface area contributed by atoms with E-state index in [0.29, 0.717) is 0 Å². The molecule has 0 amide bonds. The molecule has 0 aromatic heterocycles. The molecule has 2 nitrogen and oxygen atoms in total. The van der Waals surface area contributed by atoms with Crippen molar-refractivity contribution < 1.29 is 8.78 Å². The van der Waals surface area contributed by atoms with E-state index in [0.717, 1.165) is 18.2 Å². The molecule has 0 radical (unpaired) electrons. The fraction of sp³-hybridized carbons (Fsp3) is 0. The Kier molecular flexibility index (Phi) is 1.59. The van der Waals surface area contributed by atoms with Crippen LogP contribution in [-0.4, -0.2) is 0 Å². The Morgan fingerprint density at radius 1 is 1.30 bits per heavy atom. The summed E-state index contributed by atoms with van der Waals surface area (Å²) >= 11 is 0. The minimum atomic E-state index is -0.746. The van der Waals surface area contributed by atoms with Gasteiger partial charge in [0.15, 0.2) is 4.98 Å². The zero-order chi connectivity index (χ0) is 7.56. The summed E-state index contributed by atoms with van der Waals surface area (Å²) in [4.78, 5) is 2.52. The average molecular weight is 141 g/mol. The van der Waals surface area contributed by atoms with Crippen LogP contribution in [0.2, 0.25) is 0 Å². The van der Waals surface area contributed by atoms with Gasteiger partial charge in [-0.15, -0.1) is 0 Å². The third-order valence-corrected chi connectivity index (χ3v) is 1.02. The molecule has 0 heterocycles. The van der Waals surface area contributed by atoms with Gasteiger partial charge >= 0.3 is 5.69 Å². The number of rotatable bonds is 0. The molecule has 1 aromatic rings. The van der Waals surface area contributed by atoms with Crippen LogP contribution in [0.3, 0.4) is 0 Å². The topological polar surface area (TPSA) is 28.1 Å². The van der Waals surface area contributed by atoms with Crippen molar-refractivity contribution in [1.29, 1.82) is 5.39 Å². The van der Waals surface area contributed by atoms with Crippen molar-refractivity contribution >= 4 is 5.69 Å². The molecule has 0 fully saturated rings. The van der Waals surface area contributed by atoms with Gasteiger partial charge in [-0.05, 0) is 12.1 Å². The highest BCUT2D eigenvalue weighted by molar-refractivity contribution is 5.44. The number of benzene rings is 1. The van der Waals surface area contributed by atoms with Crippen LogP contribution >= 0.6 is 0 Å². The predicted molar refractivity (Wildman–Crippen MR) is 31.1 cm³/mol. The number of halogens is 2. The van der Waals surface area contributed by atoms with E-state index < -0.39 is 11.6 Å². The molecule has 1 rings (SSSR count). The molecule has 0 bridgehead atoms. The molecule has 50 valence electrons. The first-order valence-electron chi connectivity index (χ1n) is 2.54. The summed E-state index contributed by atoms with van der Waals surface area (Å²) in [5.74, 6) is -1.38. The molecule has 0 saturated carbocycles. The molecule has 0 aliphatic heterocycles. The van der Waals surface area contributed by atoms with Crippen molar-refractivity contribution in [1.82, 2.24) is 0 Å². The molecule has 10 heavy (non-hydrogen) atoms. The highest BCUT2D eigenvalue weighted by atomic mass is 19.1. The van der Waals surface area contributed by atoms with Gasteiger partial charge < -0.3 is 0 Å². The molecule has 0 aliphatic rings. The Hall–Kier alpha value is -1.50. The van der Waals surface area contributed by atoms with Crippen LogP contribution in [0.4, 0.5) is 14.5 Å². The van der Waals surface area contributed by atoms with Gasteiger partial charge in [-0.25, -0.2) is 4.39 Å². The molecular weight excluding hydrogens is 138 g/mol. The summed E-state index contributed by atoms with van der Waals surface area (Å²) in [7, 11) is 0. The Morgan fingerprint density at radius 3 is 2.50 bits per heavy atom. The average Bonchev–Trinajstić information content (AvgIpc) is 1.94. The van der Waals surface area contributed by atoms with Crippen LogP contribution in [0.5, 0.6) is 0 Å². The summed E-state index contributed by atoms with van der Waals surface area (Å²) < 4.78 is 24.5. The molecule has 0 saturated heterocycles. The lowest BCUT2D eigenvalue weighted by Gasteiger charge is -1.81. The Balaban J connectivity index is 3.25. The number of hydrogen-bond acceptors (Lipinski definition) is 1. The summed E-state index contributed by atoms with van der Waals surface area (Å²) in [5, 5.41) is 8.06. The molecule has 0 spiro atoms. The number of hydrogen-bond donors (Lipinski definition) is 0. The third kappa shape index (κ3) is 1.08. The lowest BCUT2D eigenvalue weighted by Crippen LogP contribution is -1.75. The van der Waals surface area contributed by atoms with Gasteiger partial charge in [0.05, 0.1) is 6.07 Å². The fourth-order valence-corrected chi connectivity index (χ4v) is 0.562. The van der Waals surface area contributed by atoms with Gasteiger partial charge in [-0.3, -0.25) is 0 Å². The largest absolute Gasteiger partial charge is 0.423 e. The lowest BCUT2D eigenvalue weighted by molar-refractivity contribution is 0.605. The minimum absolute atomic E-state index is 0.389. The first-order valence-corrected chi connectivity index (χ1v) is 2.54. The normalized spacial score (nSPS) is 8.90. The smallest absolute Gasteiger partial charge is 0.207 e. The van der Waals surface area contributed by atoms with E-state index in [1.165, 1.54) is 0 Å². The lowest BCUT2D eigenvalue weighted by atomic mass is 10.3. The van der Waals surface area contributed by atoms with E-state index in [1.54, 1.807) is 0 Å². The van der Waals surface area contributed by atoms with E-state index in [1.807, 2.05) is 0 Å². The SMILES string of the molecule is N#[N+]c1cc(F)ccc1F. The first kappa shape index (κ1) is 6.62. The standard InChI is InChI=1S/C6H3F2N2/c7-4-1-2-5(8)6(3-4)10-9/h1-3H/q+1. The van der Waals surface area contributed by atoms with Crippen molar-refractivity contribution in [3.05, 3.63) is 34.8 Å². The monoisotopic (exact) mass is 141 g/mol. The highest BCUT2D eigenvalue weighted by Gasteiger charge is 2.13. The summed E-state index contributed by atoms with van der Waals surface area (Å²) in [6.45, 7) is 0. The van der Waals surface area contributed by atoms with Crippen molar-refractivity contribution in [3.8, 4) is 0 Å². The first-order chi connectivity index (χ1) is 4.74. The molecule has 0 aliphatic carbocycles. The fourth-order valence-electron chi connectivity index (χ4n) is 0.562. The molecular formula is C6H3F2N2+. The maximum atomic E-state index is 12.3. The summed E-state index contributed by atoms with van der Waals surface area (Å²) in [6, 6.07) is 2.64. The maximum absolute atomic E-state index is 12.3. The second kappa shape index (κ2) is 2.40. The molecule has 0 atom stereocenters. The number of diazo groups is 1. The van der Waals surface area contributed by atoms with Crippen molar-refractivity contribution in [3.63, 3.8) is 0 Å².